The summed E-state index contributed by atoms with van der Waals surface area (Å²) >= 11 is 0. The Morgan fingerprint density at radius 3 is 1.64 bits per heavy atom. The van der Waals surface area contributed by atoms with Crippen molar-refractivity contribution in [2.75, 3.05) is 13.1 Å². The molecule has 14 heavy (non-hydrogen) atoms. The number of halogens is 1. The standard InChI is InChI=1S/C12H27N.ClH/c1-5-8-10-13(11-9-6-2)12(4)7-3;/h12H,5-11H2,1-4H3;1H. The molecule has 0 aromatic rings. The van der Waals surface area contributed by atoms with Crippen LogP contribution in [0, 0.1) is 0 Å². The molecule has 1 atom stereocenters. The van der Waals surface area contributed by atoms with Crippen molar-refractivity contribution in [3.05, 3.63) is 0 Å². The number of hydrogen-bond acceptors (Lipinski definition) is 1. The van der Waals surface area contributed by atoms with Gasteiger partial charge in [-0.25, -0.2) is 0 Å². The number of unbranched alkanes of at least 4 members (excludes halogenated alkanes) is 2. The molecule has 0 aliphatic rings. The quantitative estimate of drug-likeness (QED) is 0.597. The second-order valence-electron chi connectivity index (χ2n) is 4.00. The summed E-state index contributed by atoms with van der Waals surface area (Å²) < 4.78 is 0. The molecule has 1 unspecified atom stereocenters. The summed E-state index contributed by atoms with van der Waals surface area (Å²) in [6, 6.07) is 0.776. The van der Waals surface area contributed by atoms with Gasteiger partial charge in [-0.1, -0.05) is 33.6 Å². The second-order valence-corrected chi connectivity index (χ2v) is 4.00. The Labute approximate surface area is 96.7 Å². The van der Waals surface area contributed by atoms with E-state index < -0.39 is 0 Å². The molecule has 0 rings (SSSR count). The fourth-order valence-electron chi connectivity index (χ4n) is 1.53. The Kier molecular flexibility index (Phi) is 13.5. The summed E-state index contributed by atoms with van der Waals surface area (Å²) in [6.45, 7) is 11.8. The van der Waals surface area contributed by atoms with E-state index in [9.17, 15) is 0 Å². The van der Waals surface area contributed by atoms with Crippen LogP contribution in [0.4, 0.5) is 0 Å². The molecular formula is C12H28ClN. The first-order chi connectivity index (χ1) is 6.26. The van der Waals surface area contributed by atoms with E-state index in [1.807, 2.05) is 0 Å². The van der Waals surface area contributed by atoms with E-state index in [4.69, 9.17) is 0 Å². The van der Waals surface area contributed by atoms with Gasteiger partial charge < -0.3 is 4.90 Å². The van der Waals surface area contributed by atoms with Crippen molar-refractivity contribution in [1.29, 1.82) is 0 Å². The monoisotopic (exact) mass is 221 g/mol. The van der Waals surface area contributed by atoms with Crippen LogP contribution in [0.5, 0.6) is 0 Å². The van der Waals surface area contributed by atoms with E-state index in [0.29, 0.717) is 0 Å². The Morgan fingerprint density at radius 1 is 0.929 bits per heavy atom. The van der Waals surface area contributed by atoms with Gasteiger partial charge in [-0.2, -0.15) is 0 Å². The molecule has 0 fully saturated rings. The van der Waals surface area contributed by atoms with Crippen molar-refractivity contribution in [1.82, 2.24) is 4.90 Å². The zero-order valence-corrected chi connectivity index (χ0v) is 11.2. The molecule has 0 bridgehead atoms. The molecule has 0 spiro atoms. The van der Waals surface area contributed by atoms with E-state index in [-0.39, 0.29) is 12.4 Å². The van der Waals surface area contributed by atoms with Gasteiger partial charge in [0.1, 0.15) is 0 Å². The third-order valence-corrected chi connectivity index (χ3v) is 2.81. The molecule has 1 nitrogen and oxygen atoms in total. The minimum Gasteiger partial charge on any atom is -0.301 e. The Morgan fingerprint density at radius 2 is 1.36 bits per heavy atom. The van der Waals surface area contributed by atoms with Gasteiger partial charge in [0.05, 0.1) is 0 Å². The molecule has 0 aromatic carbocycles. The van der Waals surface area contributed by atoms with Crippen LogP contribution in [0.1, 0.15) is 59.8 Å². The second kappa shape index (κ2) is 11.3. The van der Waals surface area contributed by atoms with Crippen LogP contribution in [-0.4, -0.2) is 24.0 Å². The SMILES string of the molecule is CCCCN(CCCC)C(C)CC.Cl. The molecule has 0 aliphatic heterocycles. The maximum Gasteiger partial charge on any atom is 0.00643 e. The molecular weight excluding hydrogens is 194 g/mol. The summed E-state index contributed by atoms with van der Waals surface area (Å²) in [6.07, 6.45) is 6.63. The number of nitrogens with zero attached hydrogens (tertiary/aromatic N) is 1. The van der Waals surface area contributed by atoms with Gasteiger partial charge in [0, 0.05) is 6.04 Å². The Hall–Kier alpha value is 0.250. The van der Waals surface area contributed by atoms with Crippen molar-refractivity contribution in [3.8, 4) is 0 Å². The van der Waals surface area contributed by atoms with Gasteiger partial charge in [-0.05, 0) is 39.3 Å². The molecule has 88 valence electrons. The van der Waals surface area contributed by atoms with Crippen LogP contribution in [0.15, 0.2) is 0 Å². The lowest BCUT2D eigenvalue weighted by Gasteiger charge is -2.28. The van der Waals surface area contributed by atoms with Crippen LogP contribution >= 0.6 is 12.4 Å². The van der Waals surface area contributed by atoms with E-state index in [2.05, 4.69) is 32.6 Å². The van der Waals surface area contributed by atoms with E-state index in [1.165, 1.54) is 45.2 Å². The maximum absolute atomic E-state index is 2.65. The Bertz CT molecular complexity index is 98.5. The topological polar surface area (TPSA) is 3.24 Å². The summed E-state index contributed by atoms with van der Waals surface area (Å²) in [7, 11) is 0. The number of hydrogen-bond donors (Lipinski definition) is 0. The average Bonchev–Trinajstić information content (AvgIpc) is 2.17. The number of rotatable bonds is 8. The molecule has 0 saturated heterocycles. The van der Waals surface area contributed by atoms with Gasteiger partial charge >= 0.3 is 0 Å². The summed E-state index contributed by atoms with van der Waals surface area (Å²) in [5, 5.41) is 0. The molecule has 0 aromatic heterocycles. The molecule has 0 aliphatic carbocycles. The smallest absolute Gasteiger partial charge is 0.00643 e. The highest BCUT2D eigenvalue weighted by molar-refractivity contribution is 5.85. The predicted octanol–water partition coefficient (Wildman–Crippen LogP) is 4.11. The average molecular weight is 222 g/mol. The van der Waals surface area contributed by atoms with Crippen LogP contribution < -0.4 is 0 Å². The highest BCUT2D eigenvalue weighted by Crippen LogP contribution is 2.07. The van der Waals surface area contributed by atoms with Crippen molar-refractivity contribution in [3.63, 3.8) is 0 Å². The van der Waals surface area contributed by atoms with Gasteiger partial charge in [0.15, 0.2) is 0 Å². The third kappa shape index (κ3) is 7.64. The third-order valence-electron chi connectivity index (χ3n) is 2.81. The van der Waals surface area contributed by atoms with Crippen molar-refractivity contribution in [2.45, 2.75) is 65.8 Å². The van der Waals surface area contributed by atoms with Crippen molar-refractivity contribution >= 4 is 12.4 Å². The van der Waals surface area contributed by atoms with Gasteiger partial charge in [0.2, 0.25) is 0 Å². The predicted molar refractivity (Wildman–Crippen MR) is 68.4 cm³/mol. The lowest BCUT2D eigenvalue weighted by molar-refractivity contribution is 0.198. The van der Waals surface area contributed by atoms with Crippen LogP contribution in [0.25, 0.3) is 0 Å². The highest BCUT2D eigenvalue weighted by Gasteiger charge is 2.09. The van der Waals surface area contributed by atoms with Crippen molar-refractivity contribution < 1.29 is 0 Å². The summed E-state index contributed by atoms with van der Waals surface area (Å²) in [5.74, 6) is 0. The minimum absolute atomic E-state index is 0. The van der Waals surface area contributed by atoms with E-state index in [0.717, 1.165) is 6.04 Å². The van der Waals surface area contributed by atoms with E-state index >= 15 is 0 Å². The largest absolute Gasteiger partial charge is 0.301 e. The molecule has 0 amide bonds. The maximum atomic E-state index is 2.65. The van der Waals surface area contributed by atoms with Gasteiger partial charge in [0.25, 0.3) is 0 Å². The molecule has 0 heterocycles. The fraction of sp³-hybridized carbons (Fsp3) is 1.00. The molecule has 0 saturated carbocycles. The van der Waals surface area contributed by atoms with Crippen LogP contribution in [0.3, 0.4) is 0 Å². The normalized spacial score (nSPS) is 12.6. The van der Waals surface area contributed by atoms with E-state index in [1.54, 1.807) is 0 Å². The first kappa shape index (κ1) is 16.7. The minimum atomic E-state index is 0. The summed E-state index contributed by atoms with van der Waals surface area (Å²) in [5.41, 5.74) is 0. The van der Waals surface area contributed by atoms with Gasteiger partial charge in [-0.3, -0.25) is 0 Å². The zero-order valence-electron chi connectivity index (χ0n) is 10.4. The lowest BCUT2D eigenvalue weighted by atomic mass is 10.2. The molecule has 2 heteroatoms. The lowest BCUT2D eigenvalue weighted by Crippen LogP contribution is -2.34. The first-order valence-electron chi connectivity index (χ1n) is 6.00. The highest BCUT2D eigenvalue weighted by atomic mass is 35.5. The van der Waals surface area contributed by atoms with Crippen molar-refractivity contribution in [2.24, 2.45) is 0 Å². The fourth-order valence-corrected chi connectivity index (χ4v) is 1.53. The molecule has 0 radical (unpaired) electrons. The first-order valence-corrected chi connectivity index (χ1v) is 6.00. The Balaban J connectivity index is 0. The van der Waals surface area contributed by atoms with Crippen LogP contribution in [-0.2, 0) is 0 Å². The molecule has 0 N–H and O–H groups in total. The van der Waals surface area contributed by atoms with Gasteiger partial charge in [-0.15, -0.1) is 12.4 Å². The summed E-state index contributed by atoms with van der Waals surface area (Å²) in [4.78, 5) is 2.65. The van der Waals surface area contributed by atoms with Crippen LogP contribution in [0.2, 0.25) is 0 Å². The zero-order chi connectivity index (χ0) is 10.1.